The van der Waals surface area contributed by atoms with Gasteiger partial charge in [0.1, 0.15) is 5.82 Å². The van der Waals surface area contributed by atoms with Crippen molar-refractivity contribution in [3.05, 3.63) is 71.3 Å². The smallest absolute Gasteiger partial charge is 0.295 e. The highest BCUT2D eigenvalue weighted by Crippen LogP contribution is 2.38. The minimum Gasteiger partial charge on any atom is -0.872 e. The van der Waals surface area contributed by atoms with Crippen LogP contribution in [0.2, 0.25) is 0 Å². The van der Waals surface area contributed by atoms with Crippen LogP contribution in [0.5, 0.6) is 0 Å². The number of likely N-dealkylation sites (tertiary alicyclic amines) is 1. The van der Waals surface area contributed by atoms with Crippen molar-refractivity contribution < 1.29 is 24.0 Å². The van der Waals surface area contributed by atoms with Gasteiger partial charge in [0.05, 0.1) is 32.2 Å². The molecule has 0 spiro atoms. The summed E-state index contributed by atoms with van der Waals surface area (Å²) in [6.07, 6.45) is 2.90. The molecular weight excluding hydrogens is 373 g/mol. The Balaban J connectivity index is 2.09. The number of halogens is 1. The number of nitrogens with zero attached hydrogens (tertiary/aromatic N) is 2. The van der Waals surface area contributed by atoms with E-state index in [0.717, 1.165) is 13.1 Å². The van der Waals surface area contributed by atoms with Gasteiger partial charge in [-0.25, -0.2) is 4.39 Å². The van der Waals surface area contributed by atoms with Gasteiger partial charge in [-0.2, -0.15) is 0 Å². The molecule has 2 aromatic rings. The van der Waals surface area contributed by atoms with Gasteiger partial charge in [0.25, 0.3) is 5.91 Å². The van der Waals surface area contributed by atoms with Gasteiger partial charge in [-0.1, -0.05) is 17.9 Å². The number of amides is 1. The maximum absolute atomic E-state index is 13.9. The first kappa shape index (κ1) is 20.7. The van der Waals surface area contributed by atoms with E-state index in [1.165, 1.54) is 52.5 Å². The molecule has 0 bridgehead atoms. The number of hydrogen-bond acceptors (Lipinski definition) is 4. The molecule has 7 heteroatoms. The number of likely N-dealkylation sites (N-methyl/N-ethyl adjacent to an activating group) is 1. The highest BCUT2D eigenvalue weighted by atomic mass is 19.1. The van der Waals surface area contributed by atoms with Gasteiger partial charge in [0, 0.05) is 18.0 Å². The molecule has 6 nitrogen and oxygen atoms in total. The van der Waals surface area contributed by atoms with Crippen LogP contribution < -0.4 is 10.0 Å². The second-order valence-corrected chi connectivity index (χ2v) is 6.97. The summed E-state index contributed by atoms with van der Waals surface area (Å²) in [6.45, 7) is 6.78. The highest BCUT2D eigenvalue weighted by Gasteiger charge is 2.44. The van der Waals surface area contributed by atoms with E-state index in [2.05, 4.69) is 4.98 Å². The first-order chi connectivity index (χ1) is 14.0. The van der Waals surface area contributed by atoms with Gasteiger partial charge in [-0.15, -0.1) is 0 Å². The van der Waals surface area contributed by atoms with Crippen LogP contribution in [0.15, 0.2) is 54.4 Å². The second kappa shape index (κ2) is 8.96. The van der Waals surface area contributed by atoms with Crippen LogP contribution >= 0.6 is 0 Å². The molecule has 1 aromatic heterocycles. The Labute approximate surface area is 169 Å². The molecule has 1 atom stereocenters. The Bertz CT molecular complexity index is 926. The van der Waals surface area contributed by atoms with E-state index in [0.29, 0.717) is 18.7 Å². The zero-order valence-corrected chi connectivity index (χ0v) is 16.5. The van der Waals surface area contributed by atoms with E-state index in [-0.39, 0.29) is 11.1 Å². The van der Waals surface area contributed by atoms with Gasteiger partial charge < -0.3 is 14.9 Å². The van der Waals surface area contributed by atoms with Gasteiger partial charge in [0.2, 0.25) is 5.78 Å². The lowest BCUT2D eigenvalue weighted by Crippen LogP contribution is -3.12. The van der Waals surface area contributed by atoms with Gasteiger partial charge in [0.15, 0.2) is 0 Å². The molecule has 3 rings (SSSR count). The van der Waals surface area contributed by atoms with Crippen molar-refractivity contribution in [3.63, 3.8) is 0 Å². The molecule has 1 aliphatic rings. The van der Waals surface area contributed by atoms with Crippen LogP contribution in [-0.2, 0) is 9.59 Å². The molecule has 1 amide bonds. The Morgan fingerprint density at radius 3 is 2.48 bits per heavy atom. The first-order valence-corrected chi connectivity index (χ1v) is 9.73. The molecule has 152 valence electrons. The fourth-order valence-electron chi connectivity index (χ4n) is 3.67. The fraction of sp³-hybridized carbons (Fsp3) is 0.318. The summed E-state index contributed by atoms with van der Waals surface area (Å²) in [7, 11) is 0. The zero-order chi connectivity index (χ0) is 21.0. The highest BCUT2D eigenvalue weighted by molar-refractivity contribution is 6.46. The summed E-state index contributed by atoms with van der Waals surface area (Å²) in [4.78, 5) is 32.2. The van der Waals surface area contributed by atoms with Crippen LogP contribution in [0.25, 0.3) is 5.76 Å². The molecule has 2 heterocycles. The van der Waals surface area contributed by atoms with Crippen LogP contribution in [-0.4, -0.2) is 47.8 Å². The Kier molecular flexibility index (Phi) is 6.39. The molecule has 1 N–H and O–H groups in total. The molecule has 0 saturated carbocycles. The zero-order valence-electron chi connectivity index (χ0n) is 16.5. The van der Waals surface area contributed by atoms with Crippen molar-refractivity contribution in [1.82, 2.24) is 9.88 Å². The topological polar surface area (TPSA) is 77.8 Å². The molecule has 0 radical (unpaired) electrons. The minimum absolute atomic E-state index is 0.138. The largest absolute Gasteiger partial charge is 0.872 e. The first-order valence-electron chi connectivity index (χ1n) is 9.73. The number of Topliss-reactive ketones (excluding diaryl/α,β-unsaturated/α-hetero) is 1. The van der Waals surface area contributed by atoms with Crippen molar-refractivity contribution in [2.24, 2.45) is 0 Å². The summed E-state index contributed by atoms with van der Waals surface area (Å²) in [5, 5.41) is 13.1. The summed E-state index contributed by atoms with van der Waals surface area (Å²) in [6, 6.07) is 7.81. The number of carbonyl (C=O) groups is 2. The van der Waals surface area contributed by atoms with Crippen molar-refractivity contribution in [2.45, 2.75) is 19.9 Å². The summed E-state index contributed by atoms with van der Waals surface area (Å²) in [5.41, 5.74) is 0.547. The quantitative estimate of drug-likeness (QED) is 0.416. The monoisotopic (exact) mass is 397 g/mol. The van der Waals surface area contributed by atoms with Crippen molar-refractivity contribution >= 4 is 17.4 Å². The number of quaternary nitrogens is 1. The van der Waals surface area contributed by atoms with E-state index in [4.69, 9.17) is 0 Å². The van der Waals surface area contributed by atoms with E-state index >= 15 is 0 Å². The second-order valence-electron chi connectivity index (χ2n) is 6.97. The van der Waals surface area contributed by atoms with E-state index in [1.54, 1.807) is 6.07 Å². The predicted octanol–water partition coefficient (Wildman–Crippen LogP) is 0.369. The number of benzene rings is 1. The molecule has 1 fully saturated rings. The molecule has 1 saturated heterocycles. The molecule has 1 unspecified atom stereocenters. The summed E-state index contributed by atoms with van der Waals surface area (Å²) < 4.78 is 13.9. The average Bonchev–Trinajstić information content (AvgIpc) is 2.99. The Morgan fingerprint density at radius 1 is 1.17 bits per heavy atom. The summed E-state index contributed by atoms with van der Waals surface area (Å²) >= 11 is 0. The van der Waals surface area contributed by atoms with Gasteiger partial charge in [-0.3, -0.25) is 14.6 Å². The molecule has 1 aliphatic heterocycles. The SMILES string of the molecule is CC[NH+](CC)CCN1C(=O)C(=O)C(=C([O-])c2ccncc2)C1c1cccc(F)c1. The van der Waals surface area contributed by atoms with E-state index in [1.807, 2.05) is 13.8 Å². The maximum Gasteiger partial charge on any atom is 0.295 e. The number of nitrogens with one attached hydrogen (secondary N) is 1. The number of ketones is 1. The number of hydrogen-bond donors (Lipinski definition) is 1. The van der Waals surface area contributed by atoms with Crippen LogP contribution in [0.1, 0.15) is 31.0 Å². The third-order valence-corrected chi connectivity index (χ3v) is 5.34. The lowest BCUT2D eigenvalue weighted by Gasteiger charge is -2.28. The van der Waals surface area contributed by atoms with Gasteiger partial charge >= 0.3 is 0 Å². The third-order valence-electron chi connectivity index (χ3n) is 5.34. The number of pyridine rings is 1. The molecule has 29 heavy (non-hydrogen) atoms. The predicted molar refractivity (Wildman–Crippen MR) is 104 cm³/mol. The van der Waals surface area contributed by atoms with Crippen molar-refractivity contribution in [2.75, 3.05) is 26.2 Å². The van der Waals surface area contributed by atoms with Crippen LogP contribution in [0.4, 0.5) is 4.39 Å². The van der Waals surface area contributed by atoms with Crippen molar-refractivity contribution in [3.8, 4) is 0 Å². The standard InChI is InChI=1S/C22H24FN3O3/c1-3-25(4-2)12-13-26-19(16-6-5-7-17(23)14-16)18(21(28)22(26)29)20(27)15-8-10-24-11-9-15/h5-11,14,19,27H,3-4,12-13H2,1-2H3. The number of aromatic nitrogens is 1. The summed E-state index contributed by atoms with van der Waals surface area (Å²) in [5.74, 6) is -2.56. The third kappa shape index (κ3) is 4.19. The van der Waals surface area contributed by atoms with Crippen LogP contribution in [0, 0.1) is 5.82 Å². The Hall–Kier alpha value is -3.06. The number of rotatable bonds is 7. The Morgan fingerprint density at radius 2 is 1.86 bits per heavy atom. The molecule has 0 aliphatic carbocycles. The fourth-order valence-corrected chi connectivity index (χ4v) is 3.67. The maximum atomic E-state index is 13.9. The van der Waals surface area contributed by atoms with Gasteiger partial charge in [-0.05, 0) is 49.2 Å². The number of carbonyl (C=O) groups excluding carboxylic acids is 2. The minimum atomic E-state index is -0.902. The molecule has 1 aromatic carbocycles. The normalized spacial score (nSPS) is 18.6. The average molecular weight is 397 g/mol. The van der Waals surface area contributed by atoms with Crippen molar-refractivity contribution in [1.29, 1.82) is 0 Å². The van der Waals surface area contributed by atoms with Crippen LogP contribution in [0.3, 0.4) is 0 Å². The molecular formula is C22H24FN3O3. The lowest BCUT2D eigenvalue weighted by molar-refractivity contribution is -0.895. The van der Waals surface area contributed by atoms with E-state index in [9.17, 15) is 19.1 Å². The lowest BCUT2D eigenvalue weighted by atomic mass is 9.95. The van der Waals surface area contributed by atoms with E-state index < -0.39 is 29.3 Å².